The van der Waals surface area contributed by atoms with Crippen molar-refractivity contribution in [2.24, 2.45) is 5.92 Å². The van der Waals surface area contributed by atoms with Crippen molar-refractivity contribution in [3.8, 4) is 0 Å². The molecule has 5 nitrogen and oxygen atoms in total. The number of ketones is 1. The minimum Gasteiger partial charge on any atom is -0.370 e. The maximum Gasteiger partial charge on any atom is 0.418 e. The fourth-order valence-electron chi connectivity index (χ4n) is 2.70. The molecule has 5 heteroatoms. The van der Waals surface area contributed by atoms with E-state index in [1.54, 1.807) is 0 Å². The number of amides is 1. The van der Waals surface area contributed by atoms with Crippen molar-refractivity contribution in [1.82, 2.24) is 4.90 Å². The third kappa shape index (κ3) is 3.90. The van der Waals surface area contributed by atoms with Crippen LogP contribution in [0.5, 0.6) is 0 Å². The van der Waals surface area contributed by atoms with Crippen molar-refractivity contribution in [1.29, 1.82) is 0 Å². The lowest BCUT2D eigenvalue weighted by molar-refractivity contribution is -0.149. The maximum absolute atomic E-state index is 11.9. The second kappa shape index (κ2) is 6.52. The molecule has 0 aromatic heterocycles. The number of hydrogen-bond donors (Lipinski definition) is 0. The van der Waals surface area contributed by atoms with E-state index in [9.17, 15) is 14.4 Å². The van der Waals surface area contributed by atoms with Crippen LogP contribution in [-0.4, -0.2) is 35.3 Å². The smallest absolute Gasteiger partial charge is 0.370 e. The van der Waals surface area contributed by atoms with Crippen LogP contribution in [0, 0.1) is 5.92 Å². The highest BCUT2D eigenvalue weighted by molar-refractivity contribution is 6.34. The van der Waals surface area contributed by atoms with Gasteiger partial charge in [-0.05, 0) is 31.2 Å². The average Bonchev–Trinajstić information content (AvgIpc) is 2.80. The lowest BCUT2D eigenvalue weighted by Gasteiger charge is -2.19. The lowest BCUT2D eigenvalue weighted by atomic mass is 9.97. The molecule has 1 saturated heterocycles. The van der Waals surface area contributed by atoms with Crippen molar-refractivity contribution >= 4 is 17.8 Å². The van der Waals surface area contributed by atoms with Gasteiger partial charge in [0.25, 0.3) is 0 Å². The van der Waals surface area contributed by atoms with Gasteiger partial charge in [0.2, 0.25) is 5.78 Å². The van der Waals surface area contributed by atoms with Crippen LogP contribution in [0.3, 0.4) is 0 Å². The molecule has 0 aliphatic carbocycles. The summed E-state index contributed by atoms with van der Waals surface area (Å²) in [4.78, 5) is 35.4. The van der Waals surface area contributed by atoms with Gasteiger partial charge in [0.1, 0.15) is 0 Å². The van der Waals surface area contributed by atoms with E-state index < -0.39 is 17.8 Å². The number of likely N-dealkylation sites (tertiary alicyclic amines) is 1. The Bertz CT molecular complexity index is 540. The molecule has 0 N–H and O–H groups in total. The van der Waals surface area contributed by atoms with Crippen LogP contribution in [0.15, 0.2) is 30.3 Å². The Labute approximate surface area is 123 Å². The molecule has 0 unspecified atom stereocenters. The molecule has 21 heavy (non-hydrogen) atoms. The van der Waals surface area contributed by atoms with E-state index in [-0.39, 0.29) is 6.04 Å². The summed E-state index contributed by atoms with van der Waals surface area (Å²) in [5.74, 6) is -1.53. The third-order valence-corrected chi connectivity index (χ3v) is 3.73. The number of hydrogen-bond acceptors (Lipinski definition) is 4. The minimum atomic E-state index is -1.10. The molecule has 2 rings (SSSR count). The van der Waals surface area contributed by atoms with Gasteiger partial charge in [-0.2, -0.15) is 0 Å². The van der Waals surface area contributed by atoms with Gasteiger partial charge >= 0.3 is 12.1 Å². The molecule has 1 aromatic rings. The summed E-state index contributed by atoms with van der Waals surface area (Å²) in [5, 5.41) is 0. The number of nitrogens with zero attached hydrogens (tertiary/aromatic N) is 1. The summed E-state index contributed by atoms with van der Waals surface area (Å²) < 4.78 is 4.56. The quantitative estimate of drug-likeness (QED) is 0.486. The molecule has 2 atom stereocenters. The highest BCUT2D eigenvalue weighted by Crippen LogP contribution is 2.26. The number of benzene rings is 1. The Hall–Kier alpha value is -2.17. The first-order chi connectivity index (χ1) is 9.97. The molecule has 1 heterocycles. The van der Waals surface area contributed by atoms with Gasteiger partial charge in [-0.25, -0.2) is 9.59 Å². The molecule has 1 fully saturated rings. The zero-order valence-corrected chi connectivity index (χ0v) is 12.2. The summed E-state index contributed by atoms with van der Waals surface area (Å²) in [6, 6.07) is 10.1. The second-order valence-electron chi connectivity index (χ2n) is 5.50. The standard InChI is InChI=1S/C16H19NO4/c1-11-8-14(9-13-6-4-3-5-7-13)10-17(11)16(20)21-15(19)12(2)18/h3-7,11,14H,8-10H2,1-2H3/t11-,14-/m1/s1. The van der Waals surface area contributed by atoms with Gasteiger partial charge in [-0.3, -0.25) is 4.79 Å². The topological polar surface area (TPSA) is 63.7 Å². The van der Waals surface area contributed by atoms with Crippen LogP contribution in [0.2, 0.25) is 0 Å². The van der Waals surface area contributed by atoms with Gasteiger partial charge in [0, 0.05) is 19.5 Å². The van der Waals surface area contributed by atoms with E-state index >= 15 is 0 Å². The first-order valence-corrected chi connectivity index (χ1v) is 7.04. The van der Waals surface area contributed by atoms with Gasteiger partial charge in [0.15, 0.2) is 0 Å². The fraction of sp³-hybridized carbons (Fsp3) is 0.438. The Balaban J connectivity index is 1.93. The average molecular weight is 289 g/mol. The summed E-state index contributed by atoms with van der Waals surface area (Å²) in [6.07, 6.45) is 1.02. The summed E-state index contributed by atoms with van der Waals surface area (Å²) >= 11 is 0. The molecule has 1 aliphatic heterocycles. The zero-order valence-electron chi connectivity index (χ0n) is 12.2. The summed E-state index contributed by atoms with van der Waals surface area (Å²) in [7, 11) is 0. The first-order valence-electron chi connectivity index (χ1n) is 7.04. The van der Waals surface area contributed by atoms with Gasteiger partial charge in [-0.15, -0.1) is 0 Å². The monoisotopic (exact) mass is 289 g/mol. The number of rotatable bonds is 3. The molecule has 0 saturated carbocycles. The van der Waals surface area contributed by atoms with Crippen LogP contribution in [0.25, 0.3) is 0 Å². The molecule has 1 aliphatic rings. The summed E-state index contributed by atoms with van der Waals surface area (Å²) in [6.45, 7) is 3.55. The minimum absolute atomic E-state index is 0.00553. The molecule has 0 spiro atoms. The number of ether oxygens (including phenoxy) is 1. The van der Waals surface area contributed by atoms with Crippen LogP contribution in [0.4, 0.5) is 4.79 Å². The van der Waals surface area contributed by atoms with Crippen molar-refractivity contribution in [3.63, 3.8) is 0 Å². The predicted molar refractivity (Wildman–Crippen MR) is 76.6 cm³/mol. The number of carbonyl (C=O) groups excluding carboxylic acids is 3. The van der Waals surface area contributed by atoms with E-state index in [2.05, 4.69) is 16.9 Å². The molecule has 112 valence electrons. The largest absolute Gasteiger partial charge is 0.418 e. The van der Waals surface area contributed by atoms with Crippen molar-refractivity contribution in [3.05, 3.63) is 35.9 Å². The zero-order chi connectivity index (χ0) is 15.4. The van der Waals surface area contributed by atoms with E-state index in [4.69, 9.17) is 0 Å². The van der Waals surface area contributed by atoms with E-state index in [0.29, 0.717) is 12.5 Å². The Morgan fingerprint density at radius 3 is 2.52 bits per heavy atom. The molecular weight excluding hydrogens is 270 g/mol. The predicted octanol–water partition coefficient (Wildman–Crippen LogP) is 2.19. The van der Waals surface area contributed by atoms with Crippen molar-refractivity contribution in [2.45, 2.75) is 32.7 Å². The molecule has 0 radical (unpaired) electrons. The Kier molecular flexibility index (Phi) is 4.73. The van der Waals surface area contributed by atoms with Gasteiger partial charge < -0.3 is 9.64 Å². The first kappa shape index (κ1) is 15.2. The SMILES string of the molecule is CC(=O)C(=O)OC(=O)N1C[C@@H](Cc2ccccc2)C[C@H]1C. The van der Waals surface area contributed by atoms with Crippen molar-refractivity contribution in [2.75, 3.05) is 6.54 Å². The number of esters is 1. The lowest BCUT2D eigenvalue weighted by Crippen LogP contribution is -2.37. The normalized spacial score (nSPS) is 21.1. The van der Waals surface area contributed by atoms with Crippen LogP contribution in [-0.2, 0) is 20.7 Å². The van der Waals surface area contributed by atoms with E-state index in [1.165, 1.54) is 10.5 Å². The Morgan fingerprint density at radius 1 is 1.24 bits per heavy atom. The Morgan fingerprint density at radius 2 is 1.90 bits per heavy atom. The molecule has 0 bridgehead atoms. The van der Waals surface area contributed by atoms with E-state index in [0.717, 1.165) is 19.8 Å². The molecule has 1 amide bonds. The maximum atomic E-state index is 11.9. The highest BCUT2D eigenvalue weighted by atomic mass is 16.6. The van der Waals surface area contributed by atoms with Crippen LogP contribution >= 0.6 is 0 Å². The number of Topliss-reactive ketones (excluding diaryl/α,β-unsaturated/α-hetero) is 1. The van der Waals surface area contributed by atoms with E-state index in [1.807, 2.05) is 25.1 Å². The number of carbonyl (C=O) groups is 3. The molecular formula is C16H19NO4. The van der Waals surface area contributed by atoms with Gasteiger partial charge in [0.05, 0.1) is 0 Å². The fourth-order valence-corrected chi connectivity index (χ4v) is 2.70. The third-order valence-electron chi connectivity index (χ3n) is 3.73. The van der Waals surface area contributed by atoms with Crippen LogP contribution < -0.4 is 0 Å². The second-order valence-corrected chi connectivity index (χ2v) is 5.50. The summed E-state index contributed by atoms with van der Waals surface area (Å²) in [5.41, 5.74) is 1.23. The highest BCUT2D eigenvalue weighted by Gasteiger charge is 2.34. The molecule has 1 aromatic carbocycles. The van der Waals surface area contributed by atoms with Crippen molar-refractivity contribution < 1.29 is 19.1 Å². The van der Waals surface area contributed by atoms with Gasteiger partial charge in [-0.1, -0.05) is 30.3 Å². The van der Waals surface area contributed by atoms with Crippen LogP contribution in [0.1, 0.15) is 25.8 Å².